The number of ether oxygens (including phenoxy) is 1. The predicted molar refractivity (Wildman–Crippen MR) is 269 cm³/mol. The number of nitrogens with one attached hydrogen (secondary N) is 1. The van der Waals surface area contributed by atoms with Gasteiger partial charge >= 0.3 is 5.97 Å². The molecule has 364 valence electrons. The molecule has 0 aromatic rings. The number of esters is 1. The minimum Gasteiger partial charge on any atom is -0.462 e. The van der Waals surface area contributed by atoms with Gasteiger partial charge in [0.15, 0.2) is 0 Å². The second-order valence-corrected chi connectivity index (χ2v) is 18.7. The Balaban J connectivity index is 4.62. The topological polar surface area (TPSA) is 95.9 Å². The number of unbranched alkanes of at least 4 members (excludes halogenated alkanes) is 33. The first-order valence-corrected chi connectivity index (χ1v) is 27.2. The molecule has 6 heteroatoms. The van der Waals surface area contributed by atoms with Gasteiger partial charge in [0.2, 0.25) is 5.91 Å². The fourth-order valence-electron chi connectivity index (χ4n) is 8.37. The molecule has 0 aliphatic rings. The van der Waals surface area contributed by atoms with E-state index in [2.05, 4.69) is 62.5 Å². The van der Waals surface area contributed by atoms with Crippen LogP contribution < -0.4 is 5.32 Å². The standard InChI is InChI=1S/C56H105NO5/c1-4-7-10-13-16-19-22-25-27-28-30-32-35-38-41-44-47-52(62-56(61)49-46-43-40-37-34-29-24-21-18-15-12-9-6-3)50-55(60)57-53(51-58)54(59)48-45-42-39-36-33-31-26-23-20-17-14-11-8-5-2/h22,25,27-28,30,32,52-54,58-59H,4-21,23-24,26,29,31,33-51H2,1-3H3,(H,57,60)/b25-22+,28-27+,32-30+. The second kappa shape index (κ2) is 50.1. The Morgan fingerprint density at radius 3 is 1.24 bits per heavy atom. The van der Waals surface area contributed by atoms with Gasteiger partial charge in [-0.3, -0.25) is 9.59 Å². The van der Waals surface area contributed by atoms with E-state index in [1.54, 1.807) is 0 Å². The Labute approximate surface area is 385 Å². The average molecular weight is 872 g/mol. The van der Waals surface area contributed by atoms with E-state index in [9.17, 15) is 19.8 Å². The highest BCUT2D eigenvalue weighted by molar-refractivity contribution is 5.77. The Hall–Kier alpha value is -1.92. The number of aliphatic hydroxyl groups is 2. The number of aliphatic hydroxyl groups excluding tert-OH is 2. The lowest BCUT2D eigenvalue weighted by Gasteiger charge is -2.24. The number of hydrogen-bond acceptors (Lipinski definition) is 5. The predicted octanol–water partition coefficient (Wildman–Crippen LogP) is 16.5. The summed E-state index contributed by atoms with van der Waals surface area (Å²) < 4.78 is 5.93. The molecule has 0 fully saturated rings. The molecule has 0 aromatic heterocycles. The zero-order valence-corrected chi connectivity index (χ0v) is 41.5. The quantitative estimate of drug-likeness (QED) is 0.0321. The van der Waals surface area contributed by atoms with E-state index >= 15 is 0 Å². The minimum atomic E-state index is -0.794. The van der Waals surface area contributed by atoms with Crippen molar-refractivity contribution in [2.75, 3.05) is 6.61 Å². The highest BCUT2D eigenvalue weighted by Crippen LogP contribution is 2.18. The van der Waals surface area contributed by atoms with Crippen LogP contribution in [0.3, 0.4) is 0 Å². The fourth-order valence-corrected chi connectivity index (χ4v) is 8.37. The molecule has 0 saturated carbocycles. The van der Waals surface area contributed by atoms with Gasteiger partial charge in [-0.1, -0.05) is 256 Å². The third-order valence-corrected chi connectivity index (χ3v) is 12.5. The van der Waals surface area contributed by atoms with E-state index in [-0.39, 0.29) is 24.9 Å². The van der Waals surface area contributed by atoms with Crippen molar-refractivity contribution in [3.8, 4) is 0 Å². The van der Waals surface area contributed by atoms with Crippen LogP contribution in [0.4, 0.5) is 0 Å². The van der Waals surface area contributed by atoms with Crippen LogP contribution in [0.15, 0.2) is 36.5 Å². The summed E-state index contributed by atoms with van der Waals surface area (Å²) in [6.45, 7) is 6.48. The fraction of sp³-hybridized carbons (Fsp3) is 0.857. The summed E-state index contributed by atoms with van der Waals surface area (Å²) in [6, 6.07) is -0.710. The van der Waals surface area contributed by atoms with Gasteiger partial charge in [-0.2, -0.15) is 0 Å². The molecule has 0 aliphatic carbocycles. The normalized spacial score (nSPS) is 13.4. The number of amides is 1. The van der Waals surface area contributed by atoms with Crippen LogP contribution >= 0.6 is 0 Å². The van der Waals surface area contributed by atoms with Crippen molar-refractivity contribution >= 4 is 11.9 Å². The van der Waals surface area contributed by atoms with Crippen LogP contribution in [0.5, 0.6) is 0 Å². The number of rotatable bonds is 49. The third kappa shape index (κ3) is 44.7. The molecule has 62 heavy (non-hydrogen) atoms. The van der Waals surface area contributed by atoms with Crippen LogP contribution in [-0.2, 0) is 14.3 Å². The van der Waals surface area contributed by atoms with Crippen LogP contribution in [0, 0.1) is 0 Å². The third-order valence-electron chi connectivity index (χ3n) is 12.5. The van der Waals surface area contributed by atoms with Crippen molar-refractivity contribution in [1.29, 1.82) is 0 Å². The molecule has 0 spiro atoms. The number of carbonyl (C=O) groups is 2. The summed E-state index contributed by atoms with van der Waals surface area (Å²) in [5.74, 6) is -0.495. The van der Waals surface area contributed by atoms with Crippen LogP contribution in [0.25, 0.3) is 0 Å². The molecule has 0 aliphatic heterocycles. The molecular formula is C56H105NO5. The minimum absolute atomic E-state index is 0.0589. The summed E-state index contributed by atoms with van der Waals surface area (Å²) in [5, 5.41) is 23.8. The number of carbonyl (C=O) groups excluding carboxylic acids is 2. The summed E-state index contributed by atoms with van der Waals surface area (Å²) >= 11 is 0. The largest absolute Gasteiger partial charge is 0.462 e. The average Bonchev–Trinajstić information content (AvgIpc) is 3.26. The monoisotopic (exact) mass is 872 g/mol. The van der Waals surface area contributed by atoms with Gasteiger partial charge in [0.05, 0.1) is 25.2 Å². The molecule has 6 nitrogen and oxygen atoms in total. The van der Waals surface area contributed by atoms with Crippen LogP contribution in [-0.4, -0.2) is 46.9 Å². The van der Waals surface area contributed by atoms with Gasteiger partial charge in [-0.15, -0.1) is 0 Å². The second-order valence-electron chi connectivity index (χ2n) is 18.7. The van der Waals surface area contributed by atoms with Gasteiger partial charge in [0, 0.05) is 6.42 Å². The smallest absolute Gasteiger partial charge is 0.306 e. The molecule has 1 amide bonds. The SMILES string of the molecule is CCCCCCC/C=C/C=C/C=C/CCCCCC(CC(=O)NC(CO)C(O)CCCCCCCCCCCCCCCC)OC(=O)CCCCCCCCCCCCCCC. The van der Waals surface area contributed by atoms with Gasteiger partial charge in [0.25, 0.3) is 0 Å². The van der Waals surface area contributed by atoms with E-state index in [1.807, 2.05) is 0 Å². The molecule has 3 atom stereocenters. The Morgan fingerprint density at radius 2 is 0.823 bits per heavy atom. The number of allylic oxidation sites excluding steroid dienone is 6. The molecule has 0 heterocycles. The van der Waals surface area contributed by atoms with Gasteiger partial charge < -0.3 is 20.3 Å². The summed E-state index contributed by atoms with van der Waals surface area (Å²) in [5.41, 5.74) is 0. The van der Waals surface area contributed by atoms with Gasteiger partial charge in [-0.25, -0.2) is 0 Å². The molecular weight excluding hydrogens is 767 g/mol. The maximum Gasteiger partial charge on any atom is 0.306 e. The highest BCUT2D eigenvalue weighted by Gasteiger charge is 2.24. The van der Waals surface area contributed by atoms with E-state index in [0.717, 1.165) is 70.6 Å². The molecule has 3 N–H and O–H groups in total. The van der Waals surface area contributed by atoms with Crippen molar-refractivity contribution < 1.29 is 24.5 Å². The van der Waals surface area contributed by atoms with E-state index in [4.69, 9.17) is 4.74 Å². The van der Waals surface area contributed by atoms with Crippen molar-refractivity contribution in [1.82, 2.24) is 5.32 Å². The van der Waals surface area contributed by atoms with Crippen LogP contribution in [0.1, 0.15) is 284 Å². The van der Waals surface area contributed by atoms with E-state index in [1.165, 1.54) is 167 Å². The summed E-state index contributed by atoms with van der Waals surface area (Å²) in [7, 11) is 0. The first-order valence-electron chi connectivity index (χ1n) is 27.2. The van der Waals surface area contributed by atoms with Crippen molar-refractivity contribution in [2.45, 2.75) is 302 Å². The molecule has 0 aromatic carbocycles. The maximum atomic E-state index is 13.2. The zero-order chi connectivity index (χ0) is 45.2. The lowest BCUT2D eigenvalue weighted by atomic mass is 10.0. The maximum absolute atomic E-state index is 13.2. The molecule has 0 radical (unpaired) electrons. The van der Waals surface area contributed by atoms with Crippen molar-refractivity contribution in [2.24, 2.45) is 0 Å². The number of hydrogen-bond donors (Lipinski definition) is 3. The Bertz CT molecular complexity index is 1020. The van der Waals surface area contributed by atoms with Gasteiger partial charge in [-0.05, 0) is 51.4 Å². The first kappa shape index (κ1) is 60.1. The molecule has 0 bridgehead atoms. The van der Waals surface area contributed by atoms with Crippen LogP contribution in [0.2, 0.25) is 0 Å². The first-order chi connectivity index (χ1) is 30.5. The Kier molecular flexibility index (Phi) is 48.5. The van der Waals surface area contributed by atoms with Crippen molar-refractivity contribution in [3.05, 3.63) is 36.5 Å². The lowest BCUT2D eigenvalue weighted by molar-refractivity contribution is -0.151. The van der Waals surface area contributed by atoms with E-state index in [0.29, 0.717) is 19.3 Å². The van der Waals surface area contributed by atoms with Gasteiger partial charge in [0.1, 0.15) is 6.10 Å². The molecule has 3 unspecified atom stereocenters. The van der Waals surface area contributed by atoms with E-state index < -0.39 is 18.2 Å². The molecule has 0 rings (SSSR count). The Morgan fingerprint density at radius 1 is 0.468 bits per heavy atom. The van der Waals surface area contributed by atoms with Crippen molar-refractivity contribution in [3.63, 3.8) is 0 Å². The lowest BCUT2D eigenvalue weighted by Crippen LogP contribution is -2.46. The zero-order valence-electron chi connectivity index (χ0n) is 41.5. The molecule has 0 saturated heterocycles. The summed E-state index contributed by atoms with van der Waals surface area (Å²) in [6.07, 6.45) is 59.1. The highest BCUT2D eigenvalue weighted by atomic mass is 16.5. The summed E-state index contributed by atoms with van der Waals surface area (Å²) in [4.78, 5) is 26.2.